The minimum absolute atomic E-state index is 2.42. The van der Waals surface area contributed by atoms with Crippen molar-refractivity contribution >= 4 is 8.03 Å². The van der Waals surface area contributed by atoms with Gasteiger partial charge in [-0.05, 0) is 4.57 Å². The fourth-order valence-corrected chi connectivity index (χ4v) is 1.28. The van der Waals surface area contributed by atoms with Crippen molar-refractivity contribution in [3.8, 4) is 0 Å². The maximum absolute atomic E-state index is 12.8. The molecule has 0 bridgehead atoms. The first-order valence-electron chi connectivity index (χ1n) is 2.80. The molecule has 1 aliphatic carbocycles. The van der Waals surface area contributed by atoms with Gasteiger partial charge in [-0.15, -0.1) is 0 Å². The van der Waals surface area contributed by atoms with Crippen LogP contribution in [0.2, 0.25) is 0 Å². The van der Waals surface area contributed by atoms with Crippen LogP contribution in [0.15, 0.2) is 23.3 Å². The SMILES string of the molecule is O=[P+](O)C1(F)C(F)=C(F)C(F)=C1F. The van der Waals surface area contributed by atoms with E-state index in [-0.39, 0.29) is 0 Å². The third kappa shape index (κ3) is 1.11. The number of hydrogen-bond acceptors (Lipinski definition) is 1. The van der Waals surface area contributed by atoms with Crippen LogP contribution >= 0.6 is 8.03 Å². The van der Waals surface area contributed by atoms with Crippen LogP contribution in [0.4, 0.5) is 22.0 Å². The van der Waals surface area contributed by atoms with Crippen molar-refractivity contribution < 1.29 is 31.4 Å². The molecule has 0 radical (unpaired) electrons. The number of alkyl halides is 1. The Kier molecular flexibility index (Phi) is 2.25. The van der Waals surface area contributed by atoms with Crippen LogP contribution in [-0.4, -0.2) is 10.3 Å². The van der Waals surface area contributed by atoms with Crippen LogP contribution in [-0.2, 0) is 4.57 Å². The summed E-state index contributed by atoms with van der Waals surface area (Å²) in [5.41, 5.74) is 0. The van der Waals surface area contributed by atoms with E-state index in [0.29, 0.717) is 0 Å². The molecule has 2 nitrogen and oxygen atoms in total. The molecular formula is C5HF5O2P+. The molecule has 0 amide bonds. The van der Waals surface area contributed by atoms with E-state index in [0.717, 1.165) is 0 Å². The predicted molar refractivity (Wildman–Crippen MR) is 32.1 cm³/mol. The van der Waals surface area contributed by atoms with E-state index in [4.69, 9.17) is 4.89 Å². The van der Waals surface area contributed by atoms with Gasteiger partial charge in [0.15, 0.2) is 0 Å². The summed E-state index contributed by atoms with van der Waals surface area (Å²) in [5.74, 6) is -9.94. The second-order valence-electron chi connectivity index (χ2n) is 2.15. The van der Waals surface area contributed by atoms with Gasteiger partial charge in [-0.25, -0.2) is 8.78 Å². The standard InChI is InChI=1S/C5F5O2P/c6-1-2(7)4(9)5(10,3(1)8)13(11)12/p+1. The van der Waals surface area contributed by atoms with Crippen LogP contribution in [0.1, 0.15) is 0 Å². The molecule has 0 aromatic rings. The van der Waals surface area contributed by atoms with E-state index in [1.54, 1.807) is 0 Å². The summed E-state index contributed by atoms with van der Waals surface area (Å²) in [5, 5.41) is -4.20. The van der Waals surface area contributed by atoms with E-state index in [9.17, 15) is 26.5 Å². The number of rotatable bonds is 1. The summed E-state index contributed by atoms with van der Waals surface area (Å²) in [6.45, 7) is 0. The van der Waals surface area contributed by atoms with Crippen LogP contribution < -0.4 is 0 Å². The van der Waals surface area contributed by atoms with Crippen molar-refractivity contribution in [1.29, 1.82) is 0 Å². The van der Waals surface area contributed by atoms with Gasteiger partial charge in [0, 0.05) is 0 Å². The molecule has 1 rings (SSSR count). The Balaban J connectivity index is 3.39. The maximum atomic E-state index is 12.8. The summed E-state index contributed by atoms with van der Waals surface area (Å²) in [6, 6.07) is 0. The molecular weight excluding hydrogens is 218 g/mol. The number of allylic oxidation sites excluding steroid dienone is 4. The molecule has 0 aliphatic heterocycles. The molecule has 1 unspecified atom stereocenters. The molecule has 0 fully saturated rings. The maximum Gasteiger partial charge on any atom is 0.562 e. The summed E-state index contributed by atoms with van der Waals surface area (Å²) < 4.78 is 72.1. The Bertz CT molecular complexity index is 323. The molecule has 72 valence electrons. The largest absolute Gasteiger partial charge is 0.562 e. The van der Waals surface area contributed by atoms with Gasteiger partial charge in [-0.1, -0.05) is 0 Å². The lowest BCUT2D eigenvalue weighted by Crippen LogP contribution is -2.17. The van der Waals surface area contributed by atoms with Crippen molar-refractivity contribution in [2.24, 2.45) is 0 Å². The predicted octanol–water partition coefficient (Wildman–Crippen LogP) is 2.70. The van der Waals surface area contributed by atoms with Crippen LogP contribution in [0, 0.1) is 0 Å². The summed E-state index contributed by atoms with van der Waals surface area (Å²) in [6.07, 6.45) is 0. The molecule has 0 heterocycles. The number of hydrogen-bond donors (Lipinski definition) is 1. The monoisotopic (exact) mass is 219 g/mol. The molecule has 1 N–H and O–H groups in total. The molecule has 0 spiro atoms. The van der Waals surface area contributed by atoms with Crippen LogP contribution in [0.3, 0.4) is 0 Å². The minimum Gasteiger partial charge on any atom is -0.200 e. The van der Waals surface area contributed by atoms with Crippen molar-refractivity contribution in [2.75, 3.05) is 0 Å². The van der Waals surface area contributed by atoms with E-state index < -0.39 is 36.7 Å². The van der Waals surface area contributed by atoms with Gasteiger partial charge in [-0.2, -0.15) is 18.1 Å². The highest BCUT2D eigenvalue weighted by Gasteiger charge is 2.67. The molecule has 13 heavy (non-hydrogen) atoms. The third-order valence-corrected chi connectivity index (χ3v) is 2.34. The van der Waals surface area contributed by atoms with Gasteiger partial charge in [0.2, 0.25) is 23.3 Å². The summed E-state index contributed by atoms with van der Waals surface area (Å²) in [7, 11) is -4.08. The zero-order valence-corrected chi connectivity index (χ0v) is 6.59. The van der Waals surface area contributed by atoms with Gasteiger partial charge in [-0.3, -0.25) is 0 Å². The van der Waals surface area contributed by atoms with Gasteiger partial charge in [0.1, 0.15) is 0 Å². The lowest BCUT2D eigenvalue weighted by molar-refractivity contribution is 0.255. The zero-order chi connectivity index (χ0) is 10.4. The van der Waals surface area contributed by atoms with Gasteiger partial charge in [0.25, 0.3) is 0 Å². The molecule has 1 atom stereocenters. The minimum atomic E-state index is -4.20. The van der Waals surface area contributed by atoms with Gasteiger partial charge < -0.3 is 0 Å². The highest BCUT2D eigenvalue weighted by molar-refractivity contribution is 7.40. The van der Waals surface area contributed by atoms with Gasteiger partial charge in [0.05, 0.1) is 0 Å². The molecule has 0 aromatic heterocycles. The Morgan fingerprint density at radius 1 is 1.08 bits per heavy atom. The second kappa shape index (κ2) is 2.85. The first-order chi connectivity index (χ1) is 5.83. The highest BCUT2D eigenvalue weighted by Crippen LogP contribution is 2.56. The second-order valence-corrected chi connectivity index (χ2v) is 3.31. The number of halogens is 5. The van der Waals surface area contributed by atoms with Crippen LogP contribution in [0.25, 0.3) is 0 Å². The quantitative estimate of drug-likeness (QED) is 0.543. The fraction of sp³-hybridized carbons (Fsp3) is 0.200. The molecule has 0 saturated heterocycles. The summed E-state index contributed by atoms with van der Waals surface area (Å²) in [4.78, 5) is 8.14. The fourth-order valence-electron chi connectivity index (χ4n) is 0.748. The zero-order valence-electron chi connectivity index (χ0n) is 5.69. The van der Waals surface area contributed by atoms with Crippen molar-refractivity contribution in [3.05, 3.63) is 23.3 Å². The normalized spacial score (nSPS) is 22.8. The average Bonchev–Trinajstić information content (AvgIpc) is 2.22. The Labute approximate surface area is 69.2 Å². The highest BCUT2D eigenvalue weighted by atomic mass is 31.1. The molecule has 1 aliphatic rings. The Morgan fingerprint density at radius 2 is 1.38 bits per heavy atom. The Hall–Kier alpha value is -0.810. The molecule has 8 heteroatoms. The molecule has 0 aromatic carbocycles. The first-order valence-corrected chi connectivity index (χ1v) is 4.01. The van der Waals surface area contributed by atoms with Crippen molar-refractivity contribution in [3.63, 3.8) is 0 Å². The average molecular weight is 219 g/mol. The third-order valence-electron chi connectivity index (χ3n) is 1.42. The van der Waals surface area contributed by atoms with Crippen LogP contribution in [0.5, 0.6) is 0 Å². The first kappa shape index (κ1) is 10.3. The van der Waals surface area contributed by atoms with E-state index in [1.165, 1.54) is 0 Å². The lowest BCUT2D eigenvalue weighted by Gasteiger charge is -2.00. The van der Waals surface area contributed by atoms with E-state index in [1.807, 2.05) is 0 Å². The summed E-state index contributed by atoms with van der Waals surface area (Å²) >= 11 is 0. The molecule has 0 saturated carbocycles. The Morgan fingerprint density at radius 3 is 1.54 bits per heavy atom. The van der Waals surface area contributed by atoms with E-state index in [2.05, 4.69) is 0 Å². The van der Waals surface area contributed by atoms with Gasteiger partial charge >= 0.3 is 13.4 Å². The van der Waals surface area contributed by atoms with Crippen molar-refractivity contribution in [1.82, 2.24) is 0 Å². The topological polar surface area (TPSA) is 37.3 Å². The van der Waals surface area contributed by atoms with Crippen molar-refractivity contribution in [2.45, 2.75) is 5.41 Å². The lowest BCUT2D eigenvalue weighted by atomic mass is 10.4. The van der Waals surface area contributed by atoms with E-state index >= 15 is 0 Å². The smallest absolute Gasteiger partial charge is 0.200 e.